The molecule has 2 aromatic carbocycles. The van der Waals surface area contributed by atoms with Crippen molar-refractivity contribution in [3.63, 3.8) is 0 Å². The van der Waals surface area contributed by atoms with Crippen LogP contribution >= 0.6 is 12.4 Å². The van der Waals surface area contributed by atoms with E-state index in [0.29, 0.717) is 13.0 Å². The predicted molar refractivity (Wildman–Crippen MR) is 99.0 cm³/mol. The number of ether oxygens (including phenoxy) is 1. The third-order valence-electron chi connectivity index (χ3n) is 4.08. The second-order valence-corrected chi connectivity index (χ2v) is 5.82. The molecule has 0 radical (unpaired) electrons. The fourth-order valence-corrected chi connectivity index (χ4v) is 2.75. The smallest absolute Gasteiger partial charge is 0.224 e. The zero-order valence-corrected chi connectivity index (χ0v) is 14.6. The van der Waals surface area contributed by atoms with Gasteiger partial charge in [0.15, 0.2) is 0 Å². The van der Waals surface area contributed by atoms with E-state index >= 15 is 0 Å². The Kier molecular flexibility index (Phi) is 6.64. The number of anilines is 1. The molecule has 24 heavy (non-hydrogen) atoms. The van der Waals surface area contributed by atoms with Crippen molar-refractivity contribution in [2.24, 2.45) is 0 Å². The van der Waals surface area contributed by atoms with Crippen molar-refractivity contribution in [3.8, 4) is 5.75 Å². The quantitative estimate of drug-likeness (QED) is 0.891. The number of rotatable bonds is 4. The standard InChI is InChI=1S/C19H22N2O2.ClH/c1-14-4-2-3-5-15(14)6-9-19(22)21-17-7-8-18-16(12-17)13-20-10-11-23-18;/h2-5,7-8,12,20H,6,9-11,13H2,1H3,(H,21,22);1H. The first-order valence-corrected chi connectivity index (χ1v) is 8.03. The molecule has 0 aromatic heterocycles. The van der Waals surface area contributed by atoms with Crippen LogP contribution in [-0.4, -0.2) is 19.1 Å². The molecule has 0 atom stereocenters. The van der Waals surface area contributed by atoms with Crippen molar-refractivity contribution in [2.45, 2.75) is 26.3 Å². The van der Waals surface area contributed by atoms with Crippen LogP contribution in [0.15, 0.2) is 42.5 Å². The van der Waals surface area contributed by atoms with E-state index in [2.05, 4.69) is 29.7 Å². The number of benzene rings is 2. The van der Waals surface area contributed by atoms with Crippen LogP contribution in [0, 0.1) is 6.92 Å². The molecular formula is C19H23ClN2O2. The first-order chi connectivity index (χ1) is 11.2. The van der Waals surface area contributed by atoms with Gasteiger partial charge < -0.3 is 15.4 Å². The van der Waals surface area contributed by atoms with Gasteiger partial charge in [-0.2, -0.15) is 0 Å². The van der Waals surface area contributed by atoms with Gasteiger partial charge >= 0.3 is 0 Å². The van der Waals surface area contributed by atoms with Crippen molar-refractivity contribution < 1.29 is 9.53 Å². The van der Waals surface area contributed by atoms with E-state index in [1.165, 1.54) is 11.1 Å². The van der Waals surface area contributed by atoms with Gasteiger partial charge in [-0.05, 0) is 42.7 Å². The first-order valence-electron chi connectivity index (χ1n) is 8.03. The normalized spacial score (nSPS) is 13.0. The van der Waals surface area contributed by atoms with E-state index in [-0.39, 0.29) is 18.3 Å². The van der Waals surface area contributed by atoms with E-state index in [4.69, 9.17) is 4.74 Å². The van der Waals surface area contributed by atoms with Gasteiger partial charge in [0, 0.05) is 30.8 Å². The molecule has 0 saturated heterocycles. The van der Waals surface area contributed by atoms with Crippen LogP contribution in [0.25, 0.3) is 0 Å². The Bertz CT molecular complexity index is 704. The Morgan fingerprint density at radius 2 is 2.08 bits per heavy atom. The number of aryl methyl sites for hydroxylation is 2. The molecule has 1 aliphatic rings. The predicted octanol–water partition coefficient (Wildman–Crippen LogP) is 3.47. The third-order valence-corrected chi connectivity index (χ3v) is 4.08. The van der Waals surface area contributed by atoms with Crippen LogP contribution in [0.5, 0.6) is 5.75 Å². The summed E-state index contributed by atoms with van der Waals surface area (Å²) in [6.45, 7) is 4.36. The maximum Gasteiger partial charge on any atom is 0.224 e. The van der Waals surface area contributed by atoms with Gasteiger partial charge in [-0.15, -0.1) is 12.4 Å². The lowest BCUT2D eigenvalue weighted by atomic mass is 10.0. The van der Waals surface area contributed by atoms with Gasteiger partial charge in [0.1, 0.15) is 12.4 Å². The topological polar surface area (TPSA) is 50.4 Å². The van der Waals surface area contributed by atoms with Crippen molar-refractivity contribution in [1.82, 2.24) is 5.32 Å². The zero-order chi connectivity index (χ0) is 16.1. The molecule has 1 aliphatic heterocycles. The average Bonchev–Trinajstić information content (AvgIpc) is 2.79. The Morgan fingerprint density at radius 3 is 2.92 bits per heavy atom. The summed E-state index contributed by atoms with van der Waals surface area (Å²) in [7, 11) is 0. The van der Waals surface area contributed by atoms with E-state index in [9.17, 15) is 4.79 Å². The molecule has 2 aromatic rings. The molecule has 4 nitrogen and oxygen atoms in total. The number of amides is 1. The number of hydrogen-bond acceptors (Lipinski definition) is 3. The second kappa shape index (κ2) is 8.71. The molecule has 128 valence electrons. The number of fused-ring (bicyclic) bond motifs is 1. The monoisotopic (exact) mass is 346 g/mol. The van der Waals surface area contributed by atoms with Gasteiger partial charge in [0.25, 0.3) is 0 Å². The van der Waals surface area contributed by atoms with Crippen molar-refractivity contribution in [1.29, 1.82) is 0 Å². The van der Waals surface area contributed by atoms with E-state index in [1.807, 2.05) is 30.3 Å². The molecule has 0 spiro atoms. The van der Waals surface area contributed by atoms with Crippen LogP contribution in [0.3, 0.4) is 0 Å². The summed E-state index contributed by atoms with van der Waals surface area (Å²) in [5.41, 5.74) is 4.36. The van der Waals surface area contributed by atoms with E-state index < -0.39 is 0 Å². The highest BCUT2D eigenvalue weighted by molar-refractivity contribution is 5.91. The summed E-state index contributed by atoms with van der Waals surface area (Å²) < 4.78 is 5.65. The van der Waals surface area contributed by atoms with E-state index in [0.717, 1.165) is 36.5 Å². The molecule has 0 unspecified atom stereocenters. The minimum atomic E-state index is 0. The number of carbonyl (C=O) groups excluding carboxylic acids is 1. The summed E-state index contributed by atoms with van der Waals surface area (Å²) in [5, 5.41) is 6.28. The lowest BCUT2D eigenvalue weighted by Crippen LogP contribution is -2.16. The first kappa shape index (κ1) is 18.3. The maximum absolute atomic E-state index is 12.2. The molecule has 0 aliphatic carbocycles. The minimum Gasteiger partial charge on any atom is -0.492 e. The van der Waals surface area contributed by atoms with Crippen LogP contribution in [0.2, 0.25) is 0 Å². The third kappa shape index (κ3) is 4.73. The van der Waals surface area contributed by atoms with Crippen molar-refractivity contribution in [2.75, 3.05) is 18.5 Å². The molecule has 2 N–H and O–H groups in total. The SMILES string of the molecule is Cc1ccccc1CCC(=O)Nc1ccc2c(c1)CNCCO2.Cl. The van der Waals surface area contributed by atoms with Crippen LogP contribution in [-0.2, 0) is 17.8 Å². The van der Waals surface area contributed by atoms with Gasteiger partial charge in [-0.3, -0.25) is 4.79 Å². The van der Waals surface area contributed by atoms with Crippen LogP contribution in [0.4, 0.5) is 5.69 Å². The maximum atomic E-state index is 12.2. The molecule has 3 rings (SSSR count). The summed E-state index contributed by atoms with van der Waals surface area (Å²) in [6, 6.07) is 14.0. The van der Waals surface area contributed by atoms with Gasteiger partial charge in [0.05, 0.1) is 0 Å². The van der Waals surface area contributed by atoms with Crippen molar-refractivity contribution in [3.05, 3.63) is 59.2 Å². The highest BCUT2D eigenvalue weighted by Crippen LogP contribution is 2.24. The number of nitrogens with one attached hydrogen (secondary N) is 2. The lowest BCUT2D eigenvalue weighted by Gasteiger charge is -2.10. The second-order valence-electron chi connectivity index (χ2n) is 5.82. The molecule has 1 amide bonds. The Morgan fingerprint density at radius 1 is 1.25 bits per heavy atom. The fraction of sp³-hybridized carbons (Fsp3) is 0.316. The van der Waals surface area contributed by atoms with Crippen LogP contribution < -0.4 is 15.4 Å². The fourth-order valence-electron chi connectivity index (χ4n) is 2.75. The average molecular weight is 347 g/mol. The van der Waals surface area contributed by atoms with Crippen LogP contribution in [0.1, 0.15) is 23.1 Å². The molecule has 5 heteroatoms. The van der Waals surface area contributed by atoms with Gasteiger partial charge in [-0.25, -0.2) is 0 Å². The Labute approximate surface area is 149 Å². The summed E-state index contributed by atoms with van der Waals surface area (Å²) >= 11 is 0. The highest BCUT2D eigenvalue weighted by atomic mass is 35.5. The summed E-state index contributed by atoms with van der Waals surface area (Å²) in [5.74, 6) is 0.934. The zero-order valence-electron chi connectivity index (χ0n) is 13.8. The largest absolute Gasteiger partial charge is 0.492 e. The molecule has 0 fully saturated rings. The summed E-state index contributed by atoms with van der Waals surface area (Å²) in [6.07, 6.45) is 1.24. The van der Waals surface area contributed by atoms with E-state index in [1.54, 1.807) is 0 Å². The molecule has 0 saturated carbocycles. The number of hydrogen-bond donors (Lipinski definition) is 2. The highest BCUT2D eigenvalue weighted by Gasteiger charge is 2.10. The Hall–Kier alpha value is -2.04. The molecule has 1 heterocycles. The van der Waals surface area contributed by atoms with Gasteiger partial charge in [0.2, 0.25) is 5.91 Å². The number of carbonyl (C=O) groups is 1. The van der Waals surface area contributed by atoms with Gasteiger partial charge in [-0.1, -0.05) is 24.3 Å². The molecule has 0 bridgehead atoms. The number of halogens is 1. The Balaban J connectivity index is 0.00000208. The summed E-state index contributed by atoms with van der Waals surface area (Å²) in [4.78, 5) is 12.2. The van der Waals surface area contributed by atoms with Crippen molar-refractivity contribution >= 4 is 24.0 Å². The minimum absolute atomic E-state index is 0. The molecular weight excluding hydrogens is 324 g/mol. The lowest BCUT2D eigenvalue weighted by molar-refractivity contribution is -0.116.